The van der Waals surface area contributed by atoms with E-state index in [-0.39, 0.29) is 18.3 Å². The first-order valence-electron chi connectivity index (χ1n) is 10.6. The molecule has 4 rings (SSSR count). The summed E-state index contributed by atoms with van der Waals surface area (Å²) in [6.07, 6.45) is 3.62. The summed E-state index contributed by atoms with van der Waals surface area (Å²) in [5.41, 5.74) is 4.00. The molecule has 0 fully saturated rings. The lowest BCUT2D eigenvalue weighted by Gasteiger charge is -2.19. The van der Waals surface area contributed by atoms with Crippen LogP contribution in [0.1, 0.15) is 66.3 Å². The van der Waals surface area contributed by atoms with E-state index in [9.17, 15) is 9.90 Å². The summed E-state index contributed by atoms with van der Waals surface area (Å²) >= 11 is 0. The van der Waals surface area contributed by atoms with Crippen LogP contribution in [-0.4, -0.2) is 27.8 Å². The fourth-order valence-corrected chi connectivity index (χ4v) is 4.18. The lowest BCUT2D eigenvalue weighted by atomic mass is 9.90. The number of anilines is 1. The molecule has 2 atom stereocenters. The molecule has 6 heteroatoms. The second-order valence-corrected chi connectivity index (χ2v) is 7.87. The topological polar surface area (TPSA) is 88.2 Å². The molecule has 0 bridgehead atoms. The zero-order valence-corrected chi connectivity index (χ0v) is 17.2. The van der Waals surface area contributed by atoms with Crippen LogP contribution in [0, 0.1) is 0 Å². The molecule has 0 amide bonds. The van der Waals surface area contributed by atoms with Gasteiger partial charge in [-0.1, -0.05) is 48.5 Å². The van der Waals surface area contributed by atoms with Crippen LogP contribution in [-0.2, 0) is 17.6 Å². The summed E-state index contributed by atoms with van der Waals surface area (Å²) in [5.74, 6) is 0.813. The number of aliphatic carboxylic acids is 1. The first kappa shape index (κ1) is 20.1. The van der Waals surface area contributed by atoms with Gasteiger partial charge in [0.25, 0.3) is 0 Å². The van der Waals surface area contributed by atoms with Crippen molar-refractivity contribution in [3.8, 4) is 0 Å². The molecular weight excluding hydrogens is 378 g/mol. The Morgan fingerprint density at radius 1 is 1.23 bits per heavy atom. The van der Waals surface area contributed by atoms with Crippen molar-refractivity contribution < 1.29 is 14.4 Å². The van der Waals surface area contributed by atoms with E-state index < -0.39 is 5.97 Å². The zero-order valence-electron chi connectivity index (χ0n) is 17.2. The number of carboxylic acid groups (broad SMARTS) is 1. The van der Waals surface area contributed by atoms with Crippen LogP contribution in [0.5, 0.6) is 0 Å². The van der Waals surface area contributed by atoms with E-state index in [1.807, 2.05) is 36.4 Å². The van der Waals surface area contributed by atoms with Crippen LogP contribution in [0.25, 0.3) is 0 Å². The highest BCUT2D eigenvalue weighted by molar-refractivity contribution is 5.68. The van der Waals surface area contributed by atoms with E-state index >= 15 is 0 Å². The maximum atomic E-state index is 11.4. The van der Waals surface area contributed by atoms with Crippen molar-refractivity contribution in [2.45, 2.75) is 50.9 Å². The highest BCUT2D eigenvalue weighted by Gasteiger charge is 2.23. The maximum Gasteiger partial charge on any atom is 0.303 e. The van der Waals surface area contributed by atoms with E-state index in [0.29, 0.717) is 6.42 Å². The number of fused-ring (bicyclic) bond motifs is 1. The number of hydrogen-bond donors (Lipinski definition) is 2. The van der Waals surface area contributed by atoms with Crippen molar-refractivity contribution in [2.75, 3.05) is 11.9 Å². The minimum atomic E-state index is -0.815. The monoisotopic (exact) mass is 405 g/mol. The highest BCUT2D eigenvalue weighted by Crippen LogP contribution is 2.31. The minimum Gasteiger partial charge on any atom is -0.481 e. The van der Waals surface area contributed by atoms with Gasteiger partial charge < -0.3 is 14.9 Å². The molecular formula is C24H27N3O3. The van der Waals surface area contributed by atoms with Crippen LogP contribution < -0.4 is 5.32 Å². The Hall–Kier alpha value is -3.15. The number of pyridine rings is 1. The molecule has 1 aromatic carbocycles. The lowest BCUT2D eigenvalue weighted by molar-refractivity contribution is -0.137. The van der Waals surface area contributed by atoms with Crippen LogP contribution >= 0.6 is 0 Å². The molecule has 0 saturated carbocycles. The SMILES string of the molecule is CCC(c1ccc2c(n1)NCCC2)c1cc(CC(CC(=O)O)c2ccccc2)no1. The molecule has 0 radical (unpaired) electrons. The van der Waals surface area contributed by atoms with E-state index in [1.165, 1.54) is 5.56 Å². The second-order valence-electron chi connectivity index (χ2n) is 7.87. The number of nitrogens with one attached hydrogen (secondary N) is 1. The summed E-state index contributed by atoms with van der Waals surface area (Å²) in [5, 5.41) is 17.0. The van der Waals surface area contributed by atoms with Gasteiger partial charge in [-0.05, 0) is 42.4 Å². The van der Waals surface area contributed by atoms with Crippen molar-refractivity contribution in [3.05, 3.63) is 76.8 Å². The van der Waals surface area contributed by atoms with Crippen LogP contribution in [0.4, 0.5) is 5.82 Å². The Balaban J connectivity index is 1.55. The van der Waals surface area contributed by atoms with E-state index in [4.69, 9.17) is 9.51 Å². The molecule has 3 aromatic rings. The Morgan fingerprint density at radius 3 is 2.83 bits per heavy atom. The van der Waals surface area contributed by atoms with E-state index in [1.54, 1.807) is 0 Å². The van der Waals surface area contributed by atoms with Gasteiger partial charge in [0.15, 0.2) is 0 Å². The lowest BCUT2D eigenvalue weighted by Crippen LogP contribution is -2.15. The summed E-state index contributed by atoms with van der Waals surface area (Å²) in [7, 11) is 0. The predicted octanol–water partition coefficient (Wildman–Crippen LogP) is 4.77. The number of nitrogens with zero attached hydrogens (tertiary/aromatic N) is 2. The first-order chi connectivity index (χ1) is 14.6. The van der Waals surface area contributed by atoms with E-state index in [0.717, 1.165) is 54.3 Å². The standard InChI is InChI=1S/C24H27N3O3/c1-2-20(21-11-10-17-9-6-12-25-24(17)26-21)22-15-19(27-30-22)13-18(14-23(28)29)16-7-4-3-5-8-16/h3-5,7-8,10-11,15,18,20H,2,6,9,12-14H2,1H3,(H,25,26)(H,28,29). The normalized spacial score (nSPS) is 15.1. The van der Waals surface area contributed by atoms with Crippen LogP contribution in [0.3, 0.4) is 0 Å². The maximum absolute atomic E-state index is 11.4. The zero-order chi connectivity index (χ0) is 20.9. The Bertz CT molecular complexity index is 1000. The fourth-order valence-electron chi connectivity index (χ4n) is 4.18. The largest absolute Gasteiger partial charge is 0.481 e. The third-order valence-corrected chi connectivity index (χ3v) is 5.75. The van der Waals surface area contributed by atoms with Gasteiger partial charge in [0.05, 0.1) is 23.7 Å². The molecule has 0 spiro atoms. The number of carboxylic acids is 1. The van der Waals surface area contributed by atoms with Crippen molar-refractivity contribution in [3.63, 3.8) is 0 Å². The van der Waals surface area contributed by atoms with Gasteiger partial charge in [0, 0.05) is 19.0 Å². The fraction of sp³-hybridized carbons (Fsp3) is 0.375. The summed E-state index contributed by atoms with van der Waals surface area (Å²) in [6.45, 7) is 3.07. The Kier molecular flexibility index (Phi) is 6.12. The summed E-state index contributed by atoms with van der Waals surface area (Å²) in [6, 6.07) is 15.9. The van der Waals surface area contributed by atoms with Crippen molar-refractivity contribution >= 4 is 11.8 Å². The van der Waals surface area contributed by atoms with Crippen molar-refractivity contribution in [1.82, 2.24) is 10.1 Å². The molecule has 6 nitrogen and oxygen atoms in total. The number of rotatable bonds is 8. The summed E-state index contributed by atoms with van der Waals surface area (Å²) < 4.78 is 5.70. The van der Waals surface area contributed by atoms with Crippen LogP contribution in [0.15, 0.2) is 53.1 Å². The average molecular weight is 405 g/mol. The molecule has 0 aliphatic carbocycles. The molecule has 156 valence electrons. The van der Waals surface area contributed by atoms with Gasteiger partial charge >= 0.3 is 5.97 Å². The van der Waals surface area contributed by atoms with Crippen molar-refractivity contribution in [2.24, 2.45) is 0 Å². The number of aryl methyl sites for hydroxylation is 1. The minimum absolute atomic E-state index is 0.0231. The Labute approximate surface area is 176 Å². The summed E-state index contributed by atoms with van der Waals surface area (Å²) in [4.78, 5) is 16.2. The predicted molar refractivity (Wildman–Crippen MR) is 115 cm³/mol. The second kappa shape index (κ2) is 9.11. The van der Waals surface area contributed by atoms with Crippen molar-refractivity contribution in [1.29, 1.82) is 0 Å². The third kappa shape index (κ3) is 4.53. The molecule has 2 aromatic heterocycles. The smallest absolute Gasteiger partial charge is 0.303 e. The van der Waals surface area contributed by atoms with Gasteiger partial charge in [0.2, 0.25) is 0 Å². The molecule has 3 heterocycles. The average Bonchev–Trinajstić information content (AvgIpc) is 3.22. The number of benzene rings is 1. The molecule has 0 saturated heterocycles. The quantitative estimate of drug-likeness (QED) is 0.561. The number of carbonyl (C=O) groups is 1. The number of aromatic nitrogens is 2. The molecule has 2 unspecified atom stereocenters. The van der Waals surface area contributed by atoms with Gasteiger partial charge in [-0.15, -0.1) is 0 Å². The first-order valence-corrected chi connectivity index (χ1v) is 10.6. The molecule has 1 aliphatic heterocycles. The third-order valence-electron chi connectivity index (χ3n) is 5.75. The van der Waals surface area contributed by atoms with Gasteiger partial charge in [-0.2, -0.15) is 0 Å². The number of hydrogen-bond acceptors (Lipinski definition) is 5. The molecule has 30 heavy (non-hydrogen) atoms. The Morgan fingerprint density at radius 2 is 2.07 bits per heavy atom. The molecule has 1 aliphatic rings. The molecule has 2 N–H and O–H groups in total. The van der Waals surface area contributed by atoms with E-state index in [2.05, 4.69) is 29.5 Å². The van der Waals surface area contributed by atoms with Gasteiger partial charge in [0.1, 0.15) is 11.6 Å². The van der Waals surface area contributed by atoms with Crippen LogP contribution in [0.2, 0.25) is 0 Å². The van der Waals surface area contributed by atoms with Gasteiger partial charge in [-0.3, -0.25) is 4.79 Å². The highest BCUT2D eigenvalue weighted by atomic mass is 16.5. The van der Waals surface area contributed by atoms with Gasteiger partial charge in [-0.25, -0.2) is 4.98 Å².